The number of benzene rings is 2. The number of imide groups is 1. The highest BCUT2D eigenvalue weighted by Crippen LogP contribution is 2.32. The van der Waals surface area contributed by atoms with E-state index in [0.717, 1.165) is 25.2 Å². The van der Waals surface area contributed by atoms with Gasteiger partial charge in [0, 0.05) is 37.5 Å². The van der Waals surface area contributed by atoms with E-state index in [1.807, 2.05) is 12.1 Å². The Bertz CT molecular complexity index is 2040. The predicted molar refractivity (Wildman–Crippen MR) is 196 cm³/mol. The van der Waals surface area contributed by atoms with Gasteiger partial charge in [0.05, 0.1) is 30.3 Å². The van der Waals surface area contributed by atoms with Crippen LogP contribution in [0, 0.1) is 17.2 Å². The van der Waals surface area contributed by atoms with Crippen LogP contribution in [0.2, 0.25) is 0 Å². The number of nitrogens with zero attached hydrogens (tertiary/aromatic N) is 4. The van der Waals surface area contributed by atoms with Crippen LogP contribution in [0.15, 0.2) is 53.3 Å². The van der Waals surface area contributed by atoms with Gasteiger partial charge in [0.2, 0.25) is 6.10 Å². The number of nitriles is 1. The maximum atomic E-state index is 14.0. The molecule has 286 valence electrons. The lowest BCUT2D eigenvalue weighted by atomic mass is 10.1. The second-order valence-corrected chi connectivity index (χ2v) is 15.3. The van der Waals surface area contributed by atoms with Gasteiger partial charge in [-0.1, -0.05) is 6.07 Å². The van der Waals surface area contributed by atoms with Crippen LogP contribution in [0.1, 0.15) is 72.4 Å². The smallest absolute Gasteiger partial charge is 0.420 e. The molecule has 2 atom stereocenters. The first-order valence-corrected chi connectivity index (χ1v) is 17.6. The molecule has 15 heteroatoms. The third kappa shape index (κ3) is 9.81. The molecule has 1 aliphatic heterocycles. The highest BCUT2D eigenvalue weighted by molar-refractivity contribution is 6.05. The summed E-state index contributed by atoms with van der Waals surface area (Å²) >= 11 is 0. The molecule has 2 aliphatic rings. The summed E-state index contributed by atoms with van der Waals surface area (Å²) < 4.78 is 23.7. The van der Waals surface area contributed by atoms with E-state index in [9.17, 15) is 34.0 Å². The molecule has 2 fully saturated rings. The Morgan fingerprint density at radius 2 is 1.61 bits per heavy atom. The highest BCUT2D eigenvalue weighted by atomic mass is 16.6. The van der Waals surface area contributed by atoms with Crippen molar-refractivity contribution in [1.29, 1.82) is 5.26 Å². The molecule has 2 heterocycles. The number of morpholine rings is 1. The first-order chi connectivity index (χ1) is 25.3. The van der Waals surface area contributed by atoms with E-state index in [1.165, 1.54) is 29.2 Å². The van der Waals surface area contributed by atoms with Gasteiger partial charge in [0.1, 0.15) is 11.2 Å². The number of esters is 1. The Balaban J connectivity index is 1.40. The van der Waals surface area contributed by atoms with Crippen LogP contribution >= 0.6 is 0 Å². The third-order valence-corrected chi connectivity index (χ3v) is 8.42. The minimum atomic E-state index is -1.73. The average molecular weight is 744 g/mol. The van der Waals surface area contributed by atoms with Crippen LogP contribution in [0.5, 0.6) is 0 Å². The van der Waals surface area contributed by atoms with Crippen molar-refractivity contribution in [1.82, 2.24) is 9.47 Å². The molecule has 0 spiro atoms. The van der Waals surface area contributed by atoms with Crippen LogP contribution in [-0.2, 0) is 46.4 Å². The summed E-state index contributed by atoms with van der Waals surface area (Å²) in [6.07, 6.45) is -3.20. The van der Waals surface area contributed by atoms with E-state index >= 15 is 0 Å². The number of carbonyl (C=O) groups excluding carboxylic acids is 5. The van der Waals surface area contributed by atoms with Gasteiger partial charge in [0.15, 0.2) is 6.10 Å². The molecule has 0 unspecified atom stereocenters. The minimum Gasteiger partial charge on any atom is -0.449 e. The quantitative estimate of drug-likeness (QED) is 0.223. The van der Waals surface area contributed by atoms with Crippen molar-refractivity contribution < 1.29 is 42.9 Å². The Labute approximate surface area is 312 Å². The van der Waals surface area contributed by atoms with Crippen molar-refractivity contribution in [3.8, 4) is 6.07 Å². The molecule has 1 aliphatic carbocycles. The normalized spacial score (nSPS) is 16.6. The average Bonchev–Trinajstić information content (AvgIpc) is 3.90. The Morgan fingerprint density at radius 3 is 2.20 bits per heavy atom. The summed E-state index contributed by atoms with van der Waals surface area (Å²) in [5.74, 6) is -1.96. The number of rotatable bonds is 9. The molecule has 4 amide bonds. The first kappa shape index (κ1) is 39.5. The second kappa shape index (κ2) is 15.7. The van der Waals surface area contributed by atoms with Crippen molar-refractivity contribution in [2.45, 2.75) is 97.8 Å². The van der Waals surface area contributed by atoms with E-state index in [4.69, 9.17) is 18.9 Å². The molecular weight excluding hydrogens is 698 g/mol. The molecular formula is C39H45N5O10. The standard InChI is InChI=1S/C39H45N5O10/c1-23(45)52-32(33-35(48)42(16-17-51-33)29-14-11-25-12-15-31(46)43(30(25)19-29)21-24-8-9-24)34(47)41-28-13-10-26(20-40)27(18-28)22-44(36(49)53-38(2,3)4)37(50)54-39(5,6)7/h10-15,18-19,24,32-33H,8-9,16-17,21-22H2,1-7H3,(H,41,47)/t32-,33-/m1/s1. The number of amides is 4. The number of aromatic nitrogens is 1. The number of hydrogen-bond donors (Lipinski definition) is 1. The zero-order chi connectivity index (χ0) is 39.5. The Hall–Kier alpha value is -5.75. The molecule has 1 saturated carbocycles. The van der Waals surface area contributed by atoms with Crippen molar-refractivity contribution in [3.05, 3.63) is 70.0 Å². The predicted octanol–water partition coefficient (Wildman–Crippen LogP) is 5.26. The molecule has 1 saturated heterocycles. The molecule has 54 heavy (non-hydrogen) atoms. The second-order valence-electron chi connectivity index (χ2n) is 15.3. The van der Waals surface area contributed by atoms with E-state index in [-0.39, 0.29) is 35.5 Å². The summed E-state index contributed by atoms with van der Waals surface area (Å²) in [7, 11) is 0. The maximum Gasteiger partial charge on any atom is 0.420 e. The van der Waals surface area contributed by atoms with E-state index < -0.39 is 59.9 Å². The molecule has 1 aromatic heterocycles. The van der Waals surface area contributed by atoms with Gasteiger partial charge in [-0.05, 0) is 108 Å². The lowest BCUT2D eigenvalue weighted by molar-refractivity contribution is -0.167. The lowest BCUT2D eigenvalue weighted by Gasteiger charge is -2.35. The van der Waals surface area contributed by atoms with Crippen molar-refractivity contribution in [2.75, 3.05) is 23.4 Å². The first-order valence-electron chi connectivity index (χ1n) is 17.6. The van der Waals surface area contributed by atoms with Gasteiger partial charge in [-0.3, -0.25) is 19.2 Å². The maximum absolute atomic E-state index is 14.0. The SMILES string of the molecule is CC(=O)O[C@@H](C(=O)Nc1ccc(C#N)c(CN(C(=O)OC(C)(C)C)C(=O)OC(C)(C)C)c1)[C@H]1OCCN(c2ccc3ccc(=O)n(CC4CC4)c3c2)C1=O. The third-order valence-electron chi connectivity index (χ3n) is 8.42. The van der Waals surface area contributed by atoms with Crippen LogP contribution in [-0.4, -0.2) is 76.0 Å². The summed E-state index contributed by atoms with van der Waals surface area (Å²) in [5.41, 5.74) is -0.569. The minimum absolute atomic E-state index is 0.00926. The zero-order valence-electron chi connectivity index (χ0n) is 31.5. The van der Waals surface area contributed by atoms with E-state index in [2.05, 4.69) is 5.32 Å². The number of anilines is 2. The topological polar surface area (TPSA) is 187 Å². The van der Waals surface area contributed by atoms with E-state index in [1.54, 1.807) is 64.3 Å². The van der Waals surface area contributed by atoms with E-state index in [0.29, 0.717) is 28.6 Å². The Kier molecular flexibility index (Phi) is 11.5. The van der Waals surface area contributed by atoms with Crippen LogP contribution < -0.4 is 15.8 Å². The summed E-state index contributed by atoms with van der Waals surface area (Å²) in [6.45, 7) is 11.1. The number of hydrogen-bond acceptors (Lipinski definition) is 11. The monoisotopic (exact) mass is 743 g/mol. The van der Waals surface area contributed by atoms with Gasteiger partial charge in [-0.25, -0.2) is 14.5 Å². The van der Waals surface area contributed by atoms with Gasteiger partial charge in [-0.15, -0.1) is 0 Å². The fraction of sp³-hybridized carbons (Fsp3) is 0.462. The van der Waals surface area contributed by atoms with Crippen LogP contribution in [0.4, 0.5) is 21.0 Å². The van der Waals surface area contributed by atoms with Crippen molar-refractivity contribution in [3.63, 3.8) is 0 Å². The van der Waals surface area contributed by atoms with Gasteiger partial charge in [0.25, 0.3) is 17.4 Å². The number of carbonyl (C=O) groups is 5. The zero-order valence-corrected chi connectivity index (χ0v) is 31.5. The molecule has 15 nitrogen and oxygen atoms in total. The number of fused-ring (bicyclic) bond motifs is 1. The van der Waals surface area contributed by atoms with Crippen LogP contribution in [0.25, 0.3) is 10.9 Å². The number of ether oxygens (including phenoxy) is 4. The highest BCUT2D eigenvalue weighted by Gasteiger charge is 2.43. The molecule has 5 rings (SSSR count). The number of pyridine rings is 1. The van der Waals surface area contributed by atoms with Crippen LogP contribution in [0.3, 0.4) is 0 Å². The summed E-state index contributed by atoms with van der Waals surface area (Å²) in [4.78, 5) is 81.3. The van der Waals surface area contributed by atoms with Gasteiger partial charge >= 0.3 is 18.2 Å². The molecule has 3 aromatic rings. The van der Waals surface area contributed by atoms with Crippen molar-refractivity contribution >= 4 is 52.2 Å². The van der Waals surface area contributed by atoms with Gasteiger partial charge in [-0.2, -0.15) is 5.26 Å². The molecule has 0 radical (unpaired) electrons. The van der Waals surface area contributed by atoms with Crippen molar-refractivity contribution in [2.24, 2.45) is 5.92 Å². The summed E-state index contributed by atoms with van der Waals surface area (Å²) in [6, 6.07) is 14.7. The molecule has 1 N–H and O–H groups in total. The fourth-order valence-electron chi connectivity index (χ4n) is 5.83. The Morgan fingerprint density at radius 1 is 0.963 bits per heavy atom. The molecule has 2 aromatic carbocycles. The largest absolute Gasteiger partial charge is 0.449 e. The number of nitrogens with one attached hydrogen (secondary N) is 1. The fourth-order valence-corrected chi connectivity index (χ4v) is 5.83. The molecule has 0 bridgehead atoms. The summed E-state index contributed by atoms with van der Waals surface area (Å²) in [5, 5.41) is 13.3. The lowest BCUT2D eigenvalue weighted by Crippen LogP contribution is -2.56. The van der Waals surface area contributed by atoms with Gasteiger partial charge < -0.3 is 33.7 Å².